The van der Waals surface area contributed by atoms with E-state index in [9.17, 15) is 18.0 Å². The number of carbonyl (C=O) groups excluding carboxylic acids is 1. The third-order valence-electron chi connectivity index (χ3n) is 2.70. The van der Waals surface area contributed by atoms with Crippen LogP contribution in [-0.2, 0) is 6.54 Å². The van der Waals surface area contributed by atoms with Crippen LogP contribution >= 0.6 is 0 Å². The van der Waals surface area contributed by atoms with Crippen molar-refractivity contribution >= 4 is 17.4 Å². The fourth-order valence-corrected chi connectivity index (χ4v) is 1.65. The second-order valence-corrected chi connectivity index (χ2v) is 4.22. The lowest BCUT2D eigenvalue weighted by molar-refractivity contribution is 0.262. The standard InChI is InChI=1S/C14H12F3N3O/c15-9-2-4-13(11(17)6-9)20-14(21)19-12-3-1-8(7-18)5-10(12)16/h1-6H,7,18H2,(H2,19,20,21). The summed E-state index contributed by atoms with van der Waals surface area (Å²) < 4.78 is 39.7. The molecule has 21 heavy (non-hydrogen) atoms. The Balaban J connectivity index is 2.08. The number of benzene rings is 2. The predicted molar refractivity (Wildman–Crippen MR) is 73.3 cm³/mol. The molecular formula is C14H12F3N3O. The Morgan fingerprint density at radius 1 is 0.952 bits per heavy atom. The lowest BCUT2D eigenvalue weighted by atomic mass is 10.2. The first-order chi connectivity index (χ1) is 9.99. The van der Waals surface area contributed by atoms with Crippen molar-refractivity contribution in [1.82, 2.24) is 0 Å². The molecule has 0 fully saturated rings. The first-order valence-electron chi connectivity index (χ1n) is 6.01. The van der Waals surface area contributed by atoms with Gasteiger partial charge in [0.1, 0.15) is 17.5 Å². The van der Waals surface area contributed by atoms with Crippen molar-refractivity contribution in [2.75, 3.05) is 10.6 Å². The molecule has 0 heterocycles. The Morgan fingerprint density at radius 3 is 2.05 bits per heavy atom. The Morgan fingerprint density at radius 2 is 1.52 bits per heavy atom. The number of hydrogen-bond acceptors (Lipinski definition) is 2. The lowest BCUT2D eigenvalue weighted by Gasteiger charge is -2.10. The highest BCUT2D eigenvalue weighted by Gasteiger charge is 2.10. The molecule has 4 nitrogen and oxygen atoms in total. The van der Waals surface area contributed by atoms with Gasteiger partial charge in [-0.15, -0.1) is 0 Å². The molecule has 0 aliphatic heterocycles. The van der Waals surface area contributed by atoms with Crippen molar-refractivity contribution in [3.05, 3.63) is 59.4 Å². The average Bonchev–Trinajstić information content (AvgIpc) is 2.44. The maximum Gasteiger partial charge on any atom is 0.323 e. The van der Waals surface area contributed by atoms with E-state index in [2.05, 4.69) is 10.6 Å². The van der Waals surface area contributed by atoms with E-state index in [1.165, 1.54) is 12.1 Å². The summed E-state index contributed by atoms with van der Waals surface area (Å²) in [5.41, 5.74) is 5.64. The maximum atomic E-state index is 13.6. The van der Waals surface area contributed by atoms with Crippen molar-refractivity contribution in [2.24, 2.45) is 5.73 Å². The summed E-state index contributed by atoms with van der Waals surface area (Å²) in [7, 11) is 0. The molecule has 2 rings (SSSR count). The second kappa shape index (κ2) is 6.27. The van der Waals surface area contributed by atoms with Gasteiger partial charge in [-0.3, -0.25) is 0 Å². The third-order valence-corrected chi connectivity index (χ3v) is 2.70. The Bertz CT molecular complexity index is 677. The lowest BCUT2D eigenvalue weighted by Crippen LogP contribution is -2.21. The fourth-order valence-electron chi connectivity index (χ4n) is 1.65. The molecule has 0 bridgehead atoms. The normalized spacial score (nSPS) is 10.3. The minimum Gasteiger partial charge on any atom is -0.326 e. The van der Waals surface area contributed by atoms with Crippen LogP contribution in [0.25, 0.3) is 0 Å². The molecule has 0 spiro atoms. The smallest absolute Gasteiger partial charge is 0.323 e. The minimum absolute atomic E-state index is 0.0766. The van der Waals surface area contributed by atoms with Crippen molar-refractivity contribution in [3.8, 4) is 0 Å². The fraction of sp³-hybridized carbons (Fsp3) is 0.0714. The molecule has 0 saturated carbocycles. The van der Waals surface area contributed by atoms with Crippen LogP contribution in [0, 0.1) is 17.5 Å². The van der Waals surface area contributed by atoms with Gasteiger partial charge in [-0.25, -0.2) is 18.0 Å². The van der Waals surface area contributed by atoms with E-state index in [-0.39, 0.29) is 17.9 Å². The number of hydrogen-bond donors (Lipinski definition) is 3. The monoisotopic (exact) mass is 295 g/mol. The molecule has 0 atom stereocenters. The first kappa shape index (κ1) is 14.9. The van der Waals surface area contributed by atoms with Gasteiger partial charge in [-0.1, -0.05) is 6.07 Å². The molecule has 0 aromatic heterocycles. The SMILES string of the molecule is NCc1ccc(NC(=O)Nc2ccc(F)cc2F)c(F)c1. The number of nitrogens with two attached hydrogens (primary N) is 1. The molecule has 0 saturated heterocycles. The van der Waals surface area contributed by atoms with E-state index in [1.807, 2.05) is 0 Å². The number of urea groups is 1. The summed E-state index contributed by atoms with van der Waals surface area (Å²) in [6, 6.07) is 5.93. The number of anilines is 2. The molecule has 2 aromatic carbocycles. The average molecular weight is 295 g/mol. The highest BCUT2D eigenvalue weighted by atomic mass is 19.1. The molecular weight excluding hydrogens is 283 g/mol. The summed E-state index contributed by atoms with van der Waals surface area (Å²) in [4.78, 5) is 11.7. The van der Waals surface area contributed by atoms with Gasteiger partial charge < -0.3 is 16.4 Å². The minimum atomic E-state index is -0.927. The van der Waals surface area contributed by atoms with Gasteiger partial charge in [0.05, 0.1) is 11.4 Å². The van der Waals surface area contributed by atoms with Gasteiger partial charge in [0, 0.05) is 12.6 Å². The summed E-state index contributed by atoms with van der Waals surface area (Å²) in [6.07, 6.45) is 0. The van der Waals surface area contributed by atoms with Crippen LogP contribution in [0.2, 0.25) is 0 Å². The molecule has 2 aromatic rings. The zero-order valence-corrected chi connectivity index (χ0v) is 10.8. The van der Waals surface area contributed by atoms with Gasteiger partial charge in [0.25, 0.3) is 0 Å². The van der Waals surface area contributed by atoms with E-state index in [4.69, 9.17) is 5.73 Å². The molecule has 2 amide bonds. The van der Waals surface area contributed by atoms with Crippen LogP contribution in [0.3, 0.4) is 0 Å². The Kier molecular flexibility index (Phi) is 4.44. The number of rotatable bonds is 3. The molecule has 7 heteroatoms. The predicted octanol–water partition coefficient (Wildman–Crippen LogP) is 3.21. The van der Waals surface area contributed by atoms with E-state index >= 15 is 0 Å². The quantitative estimate of drug-likeness (QED) is 0.814. The van der Waals surface area contributed by atoms with Crippen LogP contribution in [0.5, 0.6) is 0 Å². The summed E-state index contributed by atoms with van der Waals surface area (Å²) in [6.45, 7) is 0.171. The molecule has 0 aliphatic carbocycles. The van der Waals surface area contributed by atoms with E-state index in [0.717, 1.165) is 12.1 Å². The number of amides is 2. The number of carbonyl (C=O) groups is 1. The molecule has 0 aliphatic rings. The van der Waals surface area contributed by atoms with Crippen LogP contribution in [0.1, 0.15) is 5.56 Å². The van der Waals surface area contributed by atoms with Crippen LogP contribution in [-0.4, -0.2) is 6.03 Å². The number of halogens is 3. The van der Waals surface area contributed by atoms with Gasteiger partial charge >= 0.3 is 6.03 Å². The van der Waals surface area contributed by atoms with Crippen molar-refractivity contribution in [2.45, 2.75) is 6.54 Å². The zero-order valence-electron chi connectivity index (χ0n) is 10.8. The second-order valence-electron chi connectivity index (χ2n) is 4.22. The van der Waals surface area contributed by atoms with Crippen molar-refractivity contribution in [3.63, 3.8) is 0 Å². The van der Waals surface area contributed by atoms with Crippen LogP contribution in [0.4, 0.5) is 29.3 Å². The van der Waals surface area contributed by atoms with Crippen LogP contribution in [0.15, 0.2) is 36.4 Å². The van der Waals surface area contributed by atoms with Crippen LogP contribution < -0.4 is 16.4 Å². The molecule has 110 valence electrons. The van der Waals surface area contributed by atoms with E-state index in [1.54, 1.807) is 6.07 Å². The maximum absolute atomic E-state index is 13.6. The van der Waals surface area contributed by atoms with Gasteiger partial charge in [0.2, 0.25) is 0 Å². The molecule has 4 N–H and O–H groups in total. The molecule has 0 radical (unpaired) electrons. The molecule has 0 unspecified atom stereocenters. The van der Waals surface area contributed by atoms with Gasteiger partial charge in [-0.2, -0.15) is 0 Å². The Labute approximate surface area is 118 Å². The van der Waals surface area contributed by atoms with E-state index < -0.39 is 23.5 Å². The number of nitrogens with one attached hydrogen (secondary N) is 2. The summed E-state index contributed by atoms with van der Waals surface area (Å²) in [5, 5.41) is 4.38. The van der Waals surface area contributed by atoms with Crippen molar-refractivity contribution in [1.29, 1.82) is 0 Å². The van der Waals surface area contributed by atoms with Gasteiger partial charge in [0.15, 0.2) is 0 Å². The summed E-state index contributed by atoms with van der Waals surface area (Å²) in [5.74, 6) is -2.35. The topological polar surface area (TPSA) is 67.1 Å². The van der Waals surface area contributed by atoms with Crippen molar-refractivity contribution < 1.29 is 18.0 Å². The summed E-state index contributed by atoms with van der Waals surface area (Å²) >= 11 is 0. The third kappa shape index (κ3) is 3.73. The first-order valence-corrected chi connectivity index (χ1v) is 6.01. The van der Waals surface area contributed by atoms with Gasteiger partial charge in [-0.05, 0) is 29.8 Å². The largest absolute Gasteiger partial charge is 0.326 e. The zero-order chi connectivity index (χ0) is 15.4. The van der Waals surface area contributed by atoms with E-state index in [0.29, 0.717) is 11.6 Å². The highest BCUT2D eigenvalue weighted by Crippen LogP contribution is 2.18. The Hall–Kier alpha value is -2.54. The highest BCUT2D eigenvalue weighted by molar-refractivity contribution is 5.99.